The SMILES string of the molecule is CO[C@@H]1C[C@H](CC(C)[C@@H]2CC(=O)[C@H](C)/C=C(\C)[C@@H](O)[C@@H](OC)C(=O)[C@H](C)C[C@H](C)/C=C/C=C/C=C(\C)[C@H](OC3CC3)C[C@@H]3CC[C@@H](C)[C@@](O)(O3)C(=O)C(=O)N3CCCC[C@H]3C(=O)O2)CC[C@H]1O. The minimum Gasteiger partial charge on any atom is -0.460 e. The van der Waals surface area contributed by atoms with Crippen LogP contribution in [0.1, 0.15) is 138 Å². The van der Waals surface area contributed by atoms with Crippen LogP contribution in [0.15, 0.2) is 47.6 Å². The van der Waals surface area contributed by atoms with Crippen molar-refractivity contribution in [2.75, 3.05) is 20.8 Å². The maximum Gasteiger partial charge on any atom is 0.329 e. The molecular formula is C53H81NO13. The van der Waals surface area contributed by atoms with Gasteiger partial charge in [-0.05, 0) is 120 Å². The Labute approximate surface area is 398 Å². The highest BCUT2D eigenvalue weighted by Crippen LogP contribution is 2.39. The fourth-order valence-corrected chi connectivity index (χ4v) is 10.4. The Morgan fingerprint density at radius 1 is 0.851 bits per heavy atom. The third-order valence-corrected chi connectivity index (χ3v) is 15.1. The van der Waals surface area contributed by atoms with Gasteiger partial charge in [0.05, 0.1) is 30.5 Å². The van der Waals surface area contributed by atoms with E-state index in [1.54, 1.807) is 34.0 Å². The van der Waals surface area contributed by atoms with E-state index in [0.717, 1.165) is 24.8 Å². The van der Waals surface area contributed by atoms with Gasteiger partial charge in [-0.25, -0.2) is 4.79 Å². The zero-order valence-electron chi connectivity index (χ0n) is 41.6. The van der Waals surface area contributed by atoms with Gasteiger partial charge in [-0.3, -0.25) is 19.2 Å². The van der Waals surface area contributed by atoms with E-state index in [4.69, 9.17) is 23.7 Å². The molecule has 14 nitrogen and oxygen atoms in total. The molecule has 1 unspecified atom stereocenters. The topological polar surface area (TPSA) is 195 Å². The van der Waals surface area contributed by atoms with E-state index in [-0.39, 0.29) is 67.0 Å². The fourth-order valence-electron chi connectivity index (χ4n) is 10.4. The maximum absolute atomic E-state index is 14.4. The van der Waals surface area contributed by atoms with Crippen LogP contribution in [-0.4, -0.2) is 131 Å². The van der Waals surface area contributed by atoms with Crippen molar-refractivity contribution in [2.45, 2.75) is 199 Å². The molecule has 0 radical (unpaired) electrons. The number of carbonyl (C=O) groups excluding carboxylic acids is 5. The van der Waals surface area contributed by atoms with E-state index in [1.807, 2.05) is 58.1 Å². The molecular weight excluding hydrogens is 859 g/mol. The van der Waals surface area contributed by atoms with Gasteiger partial charge < -0.3 is 43.9 Å². The van der Waals surface area contributed by atoms with Crippen LogP contribution in [0.4, 0.5) is 0 Å². The number of piperidine rings is 1. The quantitative estimate of drug-likeness (QED) is 0.139. The molecule has 5 rings (SSSR count). The lowest BCUT2D eigenvalue weighted by molar-refractivity contribution is -0.266. The summed E-state index contributed by atoms with van der Waals surface area (Å²) in [5.41, 5.74) is 1.33. The molecule has 14 heteroatoms. The zero-order chi connectivity index (χ0) is 49.2. The van der Waals surface area contributed by atoms with Crippen molar-refractivity contribution in [3.05, 3.63) is 47.6 Å². The first-order chi connectivity index (χ1) is 31.8. The number of esters is 1. The molecule has 3 heterocycles. The van der Waals surface area contributed by atoms with E-state index in [9.17, 15) is 39.3 Å². The number of Topliss-reactive ketones (excluding diaryl/α,β-unsaturated/α-hetero) is 3. The molecule has 2 aliphatic carbocycles. The molecule has 1 amide bonds. The van der Waals surface area contributed by atoms with Crippen molar-refractivity contribution < 1.29 is 63.0 Å². The first-order valence-corrected chi connectivity index (χ1v) is 25.1. The minimum atomic E-state index is -2.42. The molecule has 3 aliphatic heterocycles. The van der Waals surface area contributed by atoms with E-state index < -0.39 is 77.8 Å². The van der Waals surface area contributed by atoms with Gasteiger partial charge in [0.1, 0.15) is 30.1 Å². The molecule has 0 aromatic heterocycles. The minimum absolute atomic E-state index is 0.0232. The number of cyclic esters (lactones) is 1. The Hall–Kier alpha value is -3.37. The van der Waals surface area contributed by atoms with Crippen LogP contribution in [0.2, 0.25) is 0 Å². The van der Waals surface area contributed by atoms with Crippen LogP contribution >= 0.6 is 0 Å². The predicted octanol–water partition coefficient (Wildman–Crippen LogP) is 6.71. The van der Waals surface area contributed by atoms with Crippen LogP contribution in [0.25, 0.3) is 0 Å². The normalized spacial score (nSPS) is 40.7. The van der Waals surface area contributed by atoms with Crippen LogP contribution in [0.3, 0.4) is 0 Å². The number of aliphatic hydroxyl groups excluding tert-OH is 2. The average molecular weight is 940 g/mol. The highest BCUT2D eigenvalue weighted by molar-refractivity contribution is 6.39. The number of fused-ring (bicyclic) bond motifs is 3. The summed E-state index contributed by atoms with van der Waals surface area (Å²) in [5, 5.41) is 34.0. The van der Waals surface area contributed by atoms with Crippen molar-refractivity contribution in [3.8, 4) is 0 Å². The molecule has 0 aromatic rings. The Morgan fingerprint density at radius 3 is 2.27 bits per heavy atom. The molecule has 5 aliphatic rings. The molecule has 2 bridgehead atoms. The molecule has 376 valence electrons. The number of aliphatic hydroxyl groups is 3. The molecule has 0 spiro atoms. The number of ether oxygens (including phenoxy) is 5. The number of hydrogen-bond donors (Lipinski definition) is 3. The summed E-state index contributed by atoms with van der Waals surface area (Å²) in [4.78, 5) is 72.2. The molecule has 3 N–H and O–H groups in total. The van der Waals surface area contributed by atoms with Crippen LogP contribution in [0.5, 0.6) is 0 Å². The number of nitrogens with zero attached hydrogens (tertiary/aromatic N) is 1. The Kier molecular flexibility index (Phi) is 20.3. The molecule has 0 aromatic carbocycles. The van der Waals surface area contributed by atoms with Gasteiger partial charge >= 0.3 is 5.97 Å². The third kappa shape index (κ3) is 14.6. The van der Waals surface area contributed by atoms with Gasteiger partial charge in [-0.2, -0.15) is 0 Å². The van der Waals surface area contributed by atoms with Gasteiger partial charge in [0, 0.05) is 51.4 Å². The lowest BCUT2D eigenvalue weighted by atomic mass is 9.78. The summed E-state index contributed by atoms with van der Waals surface area (Å²) in [6, 6.07) is -1.14. The van der Waals surface area contributed by atoms with E-state index >= 15 is 0 Å². The van der Waals surface area contributed by atoms with Gasteiger partial charge in [-0.15, -0.1) is 0 Å². The monoisotopic (exact) mass is 940 g/mol. The summed E-state index contributed by atoms with van der Waals surface area (Å²) in [5.74, 6) is -7.89. The number of rotatable bonds is 7. The predicted molar refractivity (Wildman–Crippen MR) is 252 cm³/mol. The van der Waals surface area contributed by atoms with Gasteiger partial charge in [0.25, 0.3) is 11.7 Å². The summed E-state index contributed by atoms with van der Waals surface area (Å²) in [6.07, 6.45) is 13.5. The lowest BCUT2D eigenvalue weighted by Crippen LogP contribution is -2.61. The first-order valence-electron chi connectivity index (χ1n) is 25.1. The fraction of sp³-hybridized carbons (Fsp3) is 0.755. The molecule has 2 saturated carbocycles. The van der Waals surface area contributed by atoms with Crippen molar-refractivity contribution in [3.63, 3.8) is 0 Å². The summed E-state index contributed by atoms with van der Waals surface area (Å²) < 4.78 is 30.1. The largest absolute Gasteiger partial charge is 0.460 e. The van der Waals surface area contributed by atoms with E-state index in [2.05, 4.69) is 0 Å². The van der Waals surface area contributed by atoms with Crippen molar-refractivity contribution in [1.29, 1.82) is 0 Å². The molecule has 4 fully saturated rings. The number of carbonyl (C=O) groups is 5. The number of hydrogen-bond acceptors (Lipinski definition) is 13. The van der Waals surface area contributed by atoms with Crippen molar-refractivity contribution in [1.82, 2.24) is 4.90 Å². The van der Waals surface area contributed by atoms with Gasteiger partial charge in [0.2, 0.25) is 5.79 Å². The van der Waals surface area contributed by atoms with Crippen molar-refractivity contribution >= 4 is 29.2 Å². The lowest BCUT2D eigenvalue weighted by Gasteiger charge is -2.43. The maximum atomic E-state index is 14.4. The highest BCUT2D eigenvalue weighted by atomic mass is 16.6. The third-order valence-electron chi connectivity index (χ3n) is 15.1. The average Bonchev–Trinajstić information content (AvgIpc) is 4.13. The number of allylic oxidation sites excluding steroid dienone is 6. The van der Waals surface area contributed by atoms with Gasteiger partial charge in [-0.1, -0.05) is 71.1 Å². The zero-order valence-corrected chi connectivity index (χ0v) is 41.6. The molecule has 15 atom stereocenters. The second-order valence-electron chi connectivity index (χ2n) is 20.7. The summed E-state index contributed by atoms with van der Waals surface area (Å²) in [7, 11) is 2.95. The summed E-state index contributed by atoms with van der Waals surface area (Å²) >= 11 is 0. The number of methoxy groups -OCH3 is 2. The van der Waals surface area contributed by atoms with Crippen molar-refractivity contribution in [2.24, 2.45) is 35.5 Å². The van der Waals surface area contributed by atoms with Gasteiger partial charge in [0.15, 0.2) is 5.78 Å². The Bertz CT molecular complexity index is 1840. The Balaban J connectivity index is 1.47. The van der Waals surface area contributed by atoms with E-state index in [0.29, 0.717) is 63.4 Å². The Morgan fingerprint density at radius 2 is 1.58 bits per heavy atom. The molecule has 67 heavy (non-hydrogen) atoms. The van der Waals surface area contributed by atoms with Crippen LogP contribution in [-0.2, 0) is 47.7 Å². The highest BCUT2D eigenvalue weighted by Gasteiger charge is 2.53. The smallest absolute Gasteiger partial charge is 0.329 e. The van der Waals surface area contributed by atoms with E-state index in [1.165, 1.54) is 12.0 Å². The number of amides is 1. The second kappa shape index (κ2) is 25.0. The summed E-state index contributed by atoms with van der Waals surface area (Å²) in [6.45, 7) is 12.9. The standard InChI is InChI=1S/C53H81NO13/c1-31-15-11-10-12-16-32(2)44(65-39-21-22-39)29-40-20-18-37(7)53(62,67-40)50(59)51(60)54-24-14-13-17-41(54)52(61)66-45(34(4)27-38-19-23-42(55)46(28-38)63-8)30-43(56)33(3)26-36(6)48(58)49(64-9)47(57)35(5)25-31/h10-12,15-16,26,31,33-35,37-42,44-46,48-49,55,58,62H,13-14,17-25,27-30H2,1-9H3/b12-10+,15-11+,32-16+,36-26+/t31-,33-,34?,35-,37-,38+,40+,41+,42-,44-,45+,46-,48-,49+,53-/m1/s1. The van der Waals surface area contributed by atoms with Crippen LogP contribution < -0.4 is 0 Å². The van der Waals surface area contributed by atoms with Crippen LogP contribution in [0, 0.1) is 35.5 Å². The molecule has 2 saturated heterocycles. The first kappa shape index (κ1) is 54.6. The number of ketones is 3. The second-order valence-corrected chi connectivity index (χ2v) is 20.7.